The number of ether oxygens (including phenoxy) is 1. The van der Waals surface area contributed by atoms with E-state index in [9.17, 15) is 4.79 Å². The number of aryl methyl sites for hydroxylation is 1. The molecule has 2 aromatic rings. The van der Waals surface area contributed by atoms with E-state index in [0.29, 0.717) is 24.7 Å². The van der Waals surface area contributed by atoms with Crippen LogP contribution in [0.1, 0.15) is 44.7 Å². The van der Waals surface area contributed by atoms with Crippen molar-refractivity contribution in [3.63, 3.8) is 0 Å². The van der Waals surface area contributed by atoms with Crippen LogP contribution in [0.4, 0.5) is 4.79 Å². The van der Waals surface area contributed by atoms with Crippen LogP contribution in [0.2, 0.25) is 0 Å². The molecule has 3 N–H and O–H groups in total. The number of hydrogen-bond donors (Lipinski definition) is 2. The van der Waals surface area contributed by atoms with Crippen LogP contribution in [0, 0.1) is 6.92 Å². The predicted molar refractivity (Wildman–Crippen MR) is 90.3 cm³/mol. The Bertz CT molecular complexity index is 674. The summed E-state index contributed by atoms with van der Waals surface area (Å²) in [6, 6.07) is 7.37. The number of nitrogens with one attached hydrogen (secondary N) is 1. The maximum atomic E-state index is 11.6. The van der Waals surface area contributed by atoms with Crippen molar-refractivity contribution in [3.05, 3.63) is 35.7 Å². The van der Waals surface area contributed by atoms with Crippen molar-refractivity contribution < 1.29 is 14.1 Å². The van der Waals surface area contributed by atoms with Gasteiger partial charge in [-0.1, -0.05) is 35.0 Å². The van der Waals surface area contributed by atoms with Crippen LogP contribution >= 0.6 is 0 Å². The Kier molecular flexibility index (Phi) is 5.56. The van der Waals surface area contributed by atoms with E-state index in [-0.39, 0.29) is 0 Å². The van der Waals surface area contributed by atoms with Gasteiger partial charge in [0.25, 0.3) is 0 Å². The van der Waals surface area contributed by atoms with Gasteiger partial charge in [-0.05, 0) is 34.1 Å². The fourth-order valence-corrected chi connectivity index (χ4v) is 1.97. The van der Waals surface area contributed by atoms with Gasteiger partial charge >= 0.3 is 6.09 Å². The minimum Gasteiger partial charge on any atom is -0.444 e. The van der Waals surface area contributed by atoms with Gasteiger partial charge in [-0.2, -0.15) is 4.98 Å². The molecule has 1 aromatic heterocycles. The molecule has 0 aliphatic carbocycles. The molecule has 0 saturated carbocycles. The Morgan fingerprint density at radius 2 is 2.00 bits per heavy atom. The Balaban J connectivity index is 1.86. The van der Waals surface area contributed by atoms with E-state index < -0.39 is 17.7 Å². The molecular formula is C17H24N4O3. The van der Waals surface area contributed by atoms with E-state index in [1.165, 1.54) is 0 Å². The fourth-order valence-electron chi connectivity index (χ4n) is 1.97. The minimum absolute atomic E-state index is 0.344. The second-order valence-corrected chi connectivity index (χ2v) is 6.65. The first-order chi connectivity index (χ1) is 11.2. The normalized spacial score (nSPS) is 12.7. The Labute approximate surface area is 141 Å². The molecule has 7 heteroatoms. The van der Waals surface area contributed by atoms with Crippen molar-refractivity contribution in [1.29, 1.82) is 0 Å². The third-order valence-electron chi connectivity index (χ3n) is 3.19. The van der Waals surface area contributed by atoms with Gasteiger partial charge in [0.1, 0.15) is 5.60 Å². The molecule has 0 saturated heterocycles. The minimum atomic E-state index is -0.526. The maximum Gasteiger partial charge on any atom is 0.407 e. The number of aromatic nitrogens is 2. The van der Waals surface area contributed by atoms with E-state index in [1.807, 2.05) is 52.0 Å². The maximum absolute atomic E-state index is 11.6. The number of nitrogens with two attached hydrogens (primary N) is 1. The zero-order chi connectivity index (χ0) is 17.7. The molecule has 0 aliphatic heterocycles. The number of benzene rings is 1. The highest BCUT2D eigenvalue weighted by atomic mass is 16.6. The van der Waals surface area contributed by atoms with Gasteiger partial charge in [0.05, 0.1) is 6.04 Å². The number of rotatable bonds is 5. The standard InChI is InChI=1S/C17H24N4O3/c1-11-5-7-12(8-6-11)14-20-15(24-21-14)13(18)9-10-19-16(22)23-17(2,3)4/h5-8,13H,9-10,18H2,1-4H3,(H,19,22)/t13-/m0/s1. The van der Waals surface area contributed by atoms with Crippen molar-refractivity contribution in [2.75, 3.05) is 6.54 Å². The van der Waals surface area contributed by atoms with Crippen LogP contribution < -0.4 is 11.1 Å². The van der Waals surface area contributed by atoms with Crippen molar-refractivity contribution in [2.24, 2.45) is 5.73 Å². The summed E-state index contributed by atoms with van der Waals surface area (Å²) in [5.41, 5.74) is 7.54. The molecule has 2 rings (SSSR count). The molecular weight excluding hydrogens is 308 g/mol. The van der Waals surface area contributed by atoms with Crippen LogP contribution in [-0.2, 0) is 4.74 Å². The molecule has 0 unspecified atom stereocenters. The number of nitrogens with zero attached hydrogens (tertiary/aromatic N) is 2. The van der Waals surface area contributed by atoms with Gasteiger partial charge in [0, 0.05) is 12.1 Å². The zero-order valence-corrected chi connectivity index (χ0v) is 14.5. The summed E-state index contributed by atoms with van der Waals surface area (Å²) < 4.78 is 10.4. The number of carbonyl (C=O) groups excluding carboxylic acids is 1. The summed E-state index contributed by atoms with van der Waals surface area (Å²) in [5.74, 6) is 0.845. The summed E-state index contributed by atoms with van der Waals surface area (Å²) in [6.45, 7) is 7.80. The first kappa shape index (κ1) is 17.9. The number of amides is 1. The molecule has 1 atom stereocenters. The highest BCUT2D eigenvalue weighted by molar-refractivity contribution is 5.67. The average Bonchev–Trinajstić information content (AvgIpc) is 2.96. The average molecular weight is 332 g/mol. The monoisotopic (exact) mass is 332 g/mol. The van der Waals surface area contributed by atoms with Gasteiger partial charge in [-0.3, -0.25) is 0 Å². The van der Waals surface area contributed by atoms with E-state index in [2.05, 4.69) is 15.5 Å². The van der Waals surface area contributed by atoms with Crippen molar-refractivity contribution in [3.8, 4) is 11.4 Å². The SMILES string of the molecule is Cc1ccc(-c2noc([C@@H](N)CCNC(=O)OC(C)(C)C)n2)cc1. The van der Waals surface area contributed by atoms with Crippen molar-refractivity contribution in [2.45, 2.75) is 45.8 Å². The quantitative estimate of drug-likeness (QED) is 0.872. The van der Waals surface area contributed by atoms with Crippen LogP contribution in [0.25, 0.3) is 11.4 Å². The Morgan fingerprint density at radius 1 is 1.33 bits per heavy atom. The lowest BCUT2D eigenvalue weighted by atomic mass is 10.1. The molecule has 130 valence electrons. The molecule has 0 fully saturated rings. The second kappa shape index (κ2) is 7.44. The van der Waals surface area contributed by atoms with E-state index >= 15 is 0 Å². The molecule has 0 bridgehead atoms. The highest BCUT2D eigenvalue weighted by Crippen LogP contribution is 2.19. The third kappa shape index (κ3) is 5.34. The molecule has 1 heterocycles. The fraction of sp³-hybridized carbons (Fsp3) is 0.471. The van der Waals surface area contributed by atoms with Gasteiger partial charge in [-0.25, -0.2) is 4.79 Å². The predicted octanol–water partition coefficient (Wildman–Crippen LogP) is 2.96. The number of alkyl carbamates (subject to hydrolysis) is 1. The first-order valence-electron chi connectivity index (χ1n) is 7.88. The molecule has 24 heavy (non-hydrogen) atoms. The van der Waals surface area contributed by atoms with Crippen LogP contribution in [0.5, 0.6) is 0 Å². The van der Waals surface area contributed by atoms with Gasteiger partial charge < -0.3 is 20.3 Å². The van der Waals surface area contributed by atoms with Gasteiger partial charge in [-0.15, -0.1) is 0 Å². The molecule has 0 spiro atoms. The Morgan fingerprint density at radius 3 is 2.62 bits per heavy atom. The summed E-state index contributed by atoms with van der Waals surface area (Å²) in [4.78, 5) is 15.9. The lowest BCUT2D eigenvalue weighted by Crippen LogP contribution is -2.34. The molecule has 1 aromatic carbocycles. The lowest BCUT2D eigenvalue weighted by molar-refractivity contribution is 0.0526. The van der Waals surface area contributed by atoms with E-state index in [1.54, 1.807) is 0 Å². The topological polar surface area (TPSA) is 103 Å². The van der Waals surface area contributed by atoms with E-state index in [0.717, 1.165) is 11.1 Å². The largest absolute Gasteiger partial charge is 0.444 e. The zero-order valence-electron chi connectivity index (χ0n) is 14.5. The van der Waals surface area contributed by atoms with Crippen LogP contribution in [0.15, 0.2) is 28.8 Å². The smallest absolute Gasteiger partial charge is 0.407 e. The summed E-state index contributed by atoms with van der Waals surface area (Å²) in [6.07, 6.45) is -0.00465. The summed E-state index contributed by atoms with van der Waals surface area (Å²) in [5, 5.41) is 6.60. The second-order valence-electron chi connectivity index (χ2n) is 6.65. The third-order valence-corrected chi connectivity index (χ3v) is 3.19. The summed E-state index contributed by atoms with van der Waals surface area (Å²) >= 11 is 0. The molecule has 7 nitrogen and oxygen atoms in total. The number of hydrogen-bond acceptors (Lipinski definition) is 6. The molecule has 0 aliphatic rings. The van der Waals surface area contributed by atoms with Gasteiger partial charge in [0.15, 0.2) is 0 Å². The van der Waals surface area contributed by atoms with E-state index in [4.69, 9.17) is 15.0 Å². The number of carbonyl (C=O) groups is 1. The lowest BCUT2D eigenvalue weighted by Gasteiger charge is -2.19. The Hall–Kier alpha value is -2.41. The van der Waals surface area contributed by atoms with Crippen LogP contribution in [0.3, 0.4) is 0 Å². The van der Waals surface area contributed by atoms with Crippen LogP contribution in [-0.4, -0.2) is 28.4 Å². The first-order valence-corrected chi connectivity index (χ1v) is 7.88. The summed E-state index contributed by atoms with van der Waals surface area (Å²) in [7, 11) is 0. The van der Waals surface area contributed by atoms with Crippen molar-refractivity contribution >= 4 is 6.09 Å². The highest BCUT2D eigenvalue weighted by Gasteiger charge is 2.18. The van der Waals surface area contributed by atoms with Gasteiger partial charge in [0.2, 0.25) is 11.7 Å². The van der Waals surface area contributed by atoms with Crippen molar-refractivity contribution in [1.82, 2.24) is 15.5 Å². The molecule has 0 radical (unpaired) electrons. The molecule has 1 amide bonds.